The first-order chi connectivity index (χ1) is 8.70. The normalized spacial score (nSPS) is 11.6. The summed E-state index contributed by atoms with van der Waals surface area (Å²) in [7, 11) is 0. The first-order valence-electron chi connectivity index (χ1n) is 5.80. The van der Waals surface area contributed by atoms with Gasteiger partial charge in [0.2, 0.25) is 0 Å². The molecule has 1 rings (SSSR count). The largest absolute Gasteiger partial charge is 0.462 e. The van der Waals surface area contributed by atoms with Gasteiger partial charge in [-0.25, -0.2) is 4.79 Å². The van der Waals surface area contributed by atoms with E-state index >= 15 is 0 Å². The van der Waals surface area contributed by atoms with Crippen molar-refractivity contribution in [1.29, 1.82) is 0 Å². The summed E-state index contributed by atoms with van der Waals surface area (Å²) in [5.41, 5.74) is 0.516. The molecule has 0 saturated carbocycles. The highest BCUT2D eigenvalue weighted by molar-refractivity contribution is 6.24. The van der Waals surface area contributed by atoms with Crippen LogP contribution < -0.4 is 0 Å². The zero-order valence-electron chi connectivity index (χ0n) is 10.6. The highest BCUT2D eigenvalue weighted by Crippen LogP contribution is 2.10. The summed E-state index contributed by atoms with van der Waals surface area (Å²) >= 11 is 0. The Bertz CT molecular complexity index is 470. The second-order valence-corrected chi connectivity index (χ2v) is 3.52. The molecule has 1 aromatic carbocycles. The second kappa shape index (κ2) is 7.22. The van der Waals surface area contributed by atoms with Gasteiger partial charge >= 0.3 is 5.97 Å². The maximum atomic E-state index is 12.2. The lowest BCUT2D eigenvalue weighted by Gasteiger charge is -2.05. The number of carbonyl (C=O) groups is 2. The molecule has 3 heteroatoms. The molecule has 18 heavy (non-hydrogen) atoms. The molecule has 1 aromatic rings. The third-order valence-corrected chi connectivity index (χ3v) is 2.23. The van der Waals surface area contributed by atoms with Crippen molar-refractivity contribution in [2.24, 2.45) is 0 Å². The van der Waals surface area contributed by atoms with Gasteiger partial charge in [0.15, 0.2) is 5.78 Å². The van der Waals surface area contributed by atoms with E-state index in [0.29, 0.717) is 5.56 Å². The summed E-state index contributed by atoms with van der Waals surface area (Å²) in [6, 6.07) is 8.67. The van der Waals surface area contributed by atoms with Crippen LogP contribution in [0.3, 0.4) is 0 Å². The number of esters is 1. The molecule has 0 spiro atoms. The van der Waals surface area contributed by atoms with Crippen LogP contribution in [-0.2, 0) is 9.53 Å². The van der Waals surface area contributed by atoms with Crippen LogP contribution in [0.15, 0.2) is 54.1 Å². The lowest BCUT2D eigenvalue weighted by molar-refractivity contribution is -0.138. The fourth-order valence-electron chi connectivity index (χ4n) is 1.38. The lowest BCUT2D eigenvalue weighted by atomic mass is 10.0. The average Bonchev–Trinajstić information content (AvgIpc) is 2.40. The number of benzene rings is 1. The molecule has 0 aliphatic heterocycles. The Balaban J connectivity index is 3.04. The van der Waals surface area contributed by atoms with Crippen molar-refractivity contribution in [1.82, 2.24) is 0 Å². The molecule has 0 amide bonds. The third kappa shape index (κ3) is 3.70. The molecule has 0 unspecified atom stereocenters. The Morgan fingerprint density at radius 3 is 2.44 bits per heavy atom. The summed E-state index contributed by atoms with van der Waals surface area (Å²) < 4.78 is 4.88. The maximum Gasteiger partial charge on any atom is 0.342 e. The van der Waals surface area contributed by atoms with Crippen molar-refractivity contribution in [2.45, 2.75) is 13.8 Å². The molecular weight excluding hydrogens is 228 g/mol. The van der Waals surface area contributed by atoms with Crippen molar-refractivity contribution >= 4 is 11.8 Å². The van der Waals surface area contributed by atoms with Gasteiger partial charge in [0.1, 0.15) is 5.57 Å². The SMILES string of the molecule is CC=CC=C(C(=O)OCC)C(=O)c1ccccc1. The minimum Gasteiger partial charge on any atom is -0.462 e. The summed E-state index contributed by atoms with van der Waals surface area (Å²) in [5, 5.41) is 0. The molecule has 3 nitrogen and oxygen atoms in total. The van der Waals surface area contributed by atoms with Crippen LogP contribution in [-0.4, -0.2) is 18.4 Å². The quantitative estimate of drug-likeness (QED) is 0.200. The van der Waals surface area contributed by atoms with Crippen molar-refractivity contribution in [3.8, 4) is 0 Å². The predicted octanol–water partition coefficient (Wildman–Crippen LogP) is 2.93. The summed E-state index contributed by atoms with van der Waals surface area (Å²) in [4.78, 5) is 23.9. The van der Waals surface area contributed by atoms with Gasteiger partial charge in [-0.1, -0.05) is 42.5 Å². The molecule has 0 heterocycles. The minimum atomic E-state index is -0.593. The number of hydrogen-bond acceptors (Lipinski definition) is 3. The fourth-order valence-corrected chi connectivity index (χ4v) is 1.38. The molecule has 0 saturated heterocycles. The number of ether oxygens (including phenoxy) is 1. The second-order valence-electron chi connectivity index (χ2n) is 3.52. The monoisotopic (exact) mass is 244 g/mol. The van der Waals surface area contributed by atoms with E-state index in [0.717, 1.165) is 0 Å². The number of allylic oxidation sites excluding steroid dienone is 3. The first-order valence-corrected chi connectivity index (χ1v) is 5.80. The van der Waals surface area contributed by atoms with Crippen molar-refractivity contribution in [3.05, 3.63) is 59.7 Å². The van der Waals surface area contributed by atoms with Gasteiger partial charge in [-0.3, -0.25) is 4.79 Å². The molecule has 0 aromatic heterocycles. The Hall–Kier alpha value is -2.16. The number of rotatable bonds is 5. The van der Waals surface area contributed by atoms with Gasteiger partial charge in [0.05, 0.1) is 6.61 Å². The zero-order valence-corrected chi connectivity index (χ0v) is 10.6. The summed E-state index contributed by atoms with van der Waals surface area (Å²) in [5.74, 6) is -0.920. The van der Waals surface area contributed by atoms with E-state index in [-0.39, 0.29) is 18.0 Å². The van der Waals surface area contributed by atoms with Crippen LogP contribution in [0.2, 0.25) is 0 Å². The molecule has 0 fully saturated rings. The number of ketones is 1. The van der Waals surface area contributed by atoms with Gasteiger partial charge in [-0.05, 0) is 19.9 Å². The molecule has 94 valence electrons. The molecular formula is C15H16O3. The average molecular weight is 244 g/mol. The van der Waals surface area contributed by atoms with E-state index in [1.807, 2.05) is 13.0 Å². The molecule has 0 atom stereocenters. The minimum absolute atomic E-state index is 0.0427. The smallest absolute Gasteiger partial charge is 0.342 e. The standard InChI is InChI=1S/C15H16O3/c1-3-5-11-13(15(17)18-4-2)14(16)12-9-7-6-8-10-12/h3,5-11H,4H2,1-2H3. The van der Waals surface area contributed by atoms with E-state index < -0.39 is 5.97 Å². The predicted molar refractivity (Wildman–Crippen MR) is 70.3 cm³/mol. The number of carbonyl (C=O) groups excluding carboxylic acids is 2. The highest BCUT2D eigenvalue weighted by Gasteiger charge is 2.19. The van der Waals surface area contributed by atoms with E-state index in [1.165, 1.54) is 6.08 Å². The van der Waals surface area contributed by atoms with Gasteiger partial charge in [-0.15, -0.1) is 0 Å². The van der Waals surface area contributed by atoms with Crippen LogP contribution in [0.5, 0.6) is 0 Å². The molecule has 0 radical (unpaired) electrons. The Kier molecular flexibility index (Phi) is 5.58. The first kappa shape index (κ1) is 13.9. The molecule has 0 bridgehead atoms. The Morgan fingerprint density at radius 1 is 1.22 bits per heavy atom. The molecule has 0 aliphatic carbocycles. The highest BCUT2D eigenvalue weighted by atomic mass is 16.5. The van der Waals surface area contributed by atoms with Crippen LogP contribution in [0.25, 0.3) is 0 Å². The van der Waals surface area contributed by atoms with E-state index in [9.17, 15) is 9.59 Å². The van der Waals surface area contributed by atoms with Crippen LogP contribution >= 0.6 is 0 Å². The van der Waals surface area contributed by atoms with Crippen LogP contribution in [0.4, 0.5) is 0 Å². The van der Waals surface area contributed by atoms with Crippen molar-refractivity contribution in [2.75, 3.05) is 6.61 Å². The fraction of sp³-hybridized carbons (Fsp3) is 0.200. The third-order valence-electron chi connectivity index (χ3n) is 2.23. The Labute approximate surface area is 107 Å². The van der Waals surface area contributed by atoms with Gasteiger partial charge in [0.25, 0.3) is 0 Å². The topological polar surface area (TPSA) is 43.4 Å². The molecule has 0 N–H and O–H groups in total. The zero-order chi connectivity index (χ0) is 13.4. The lowest BCUT2D eigenvalue weighted by Crippen LogP contribution is -2.16. The Morgan fingerprint density at radius 2 is 1.89 bits per heavy atom. The van der Waals surface area contributed by atoms with Crippen molar-refractivity contribution in [3.63, 3.8) is 0 Å². The maximum absolute atomic E-state index is 12.2. The van der Waals surface area contributed by atoms with E-state index in [1.54, 1.807) is 43.3 Å². The number of hydrogen-bond donors (Lipinski definition) is 0. The molecule has 0 aliphatic rings. The van der Waals surface area contributed by atoms with Gasteiger partial charge < -0.3 is 4.74 Å². The van der Waals surface area contributed by atoms with Gasteiger partial charge in [0, 0.05) is 5.56 Å². The summed E-state index contributed by atoms with van der Waals surface area (Å²) in [6.45, 7) is 3.76. The summed E-state index contributed by atoms with van der Waals surface area (Å²) in [6.07, 6.45) is 4.87. The van der Waals surface area contributed by atoms with Crippen molar-refractivity contribution < 1.29 is 14.3 Å². The van der Waals surface area contributed by atoms with E-state index in [4.69, 9.17) is 4.74 Å². The van der Waals surface area contributed by atoms with Gasteiger partial charge in [-0.2, -0.15) is 0 Å². The van der Waals surface area contributed by atoms with Crippen LogP contribution in [0, 0.1) is 0 Å². The van der Waals surface area contributed by atoms with Crippen LogP contribution in [0.1, 0.15) is 24.2 Å². The number of Topliss-reactive ketones (excluding diaryl/α,β-unsaturated/α-hetero) is 1. The van der Waals surface area contributed by atoms with E-state index in [2.05, 4.69) is 0 Å².